The molecule has 1 aliphatic heterocycles. The van der Waals surface area contributed by atoms with Crippen molar-refractivity contribution in [2.75, 3.05) is 13.1 Å². The van der Waals surface area contributed by atoms with Crippen molar-refractivity contribution in [3.63, 3.8) is 0 Å². The van der Waals surface area contributed by atoms with E-state index in [1.165, 1.54) is 4.90 Å². The fourth-order valence-electron chi connectivity index (χ4n) is 2.32. The van der Waals surface area contributed by atoms with E-state index in [2.05, 4.69) is 0 Å². The van der Waals surface area contributed by atoms with Gasteiger partial charge < -0.3 is 30.1 Å². The zero-order valence-corrected chi connectivity index (χ0v) is 12.2. The molecule has 122 valence electrons. The second-order valence-corrected chi connectivity index (χ2v) is 5.22. The first kappa shape index (κ1) is 17.8. The number of carbonyl (C=O) groups is 2. The number of amides is 1. The Labute approximate surface area is 122 Å². The van der Waals surface area contributed by atoms with Gasteiger partial charge in [0.25, 0.3) is 11.7 Å². The summed E-state index contributed by atoms with van der Waals surface area (Å²) in [5.41, 5.74) is 0. The minimum atomic E-state index is -2.68. The minimum absolute atomic E-state index is 0.418. The minimum Gasteiger partial charge on any atom is -0.477 e. The molecule has 1 aliphatic rings. The smallest absolute Gasteiger partial charge is 0.364 e. The normalized spacial score (nSPS) is 32.7. The van der Waals surface area contributed by atoms with Crippen molar-refractivity contribution in [3.05, 3.63) is 0 Å². The predicted molar refractivity (Wildman–Crippen MR) is 71.3 cm³/mol. The van der Waals surface area contributed by atoms with Crippen LogP contribution in [-0.2, 0) is 14.3 Å². The second-order valence-electron chi connectivity index (χ2n) is 5.22. The number of aliphatic hydroxyl groups is 3. The molecule has 2 unspecified atom stereocenters. The SMILES string of the molecule is CCCN(CCC)C(=O)[C@@H]1OC(O)(C(=O)O)CC(O)[C@H]1O. The topological polar surface area (TPSA) is 128 Å². The van der Waals surface area contributed by atoms with Crippen molar-refractivity contribution in [2.24, 2.45) is 0 Å². The Balaban J connectivity index is 2.96. The molecule has 8 nitrogen and oxygen atoms in total. The number of carboxylic acids is 1. The molecule has 0 bridgehead atoms. The fraction of sp³-hybridized carbons (Fsp3) is 0.846. The van der Waals surface area contributed by atoms with Crippen LogP contribution in [0.4, 0.5) is 0 Å². The quantitative estimate of drug-likeness (QED) is 0.491. The van der Waals surface area contributed by atoms with Crippen molar-refractivity contribution in [3.8, 4) is 0 Å². The molecule has 4 atom stereocenters. The van der Waals surface area contributed by atoms with E-state index in [9.17, 15) is 24.9 Å². The first-order valence-electron chi connectivity index (χ1n) is 7.05. The summed E-state index contributed by atoms with van der Waals surface area (Å²) >= 11 is 0. The Morgan fingerprint density at radius 1 is 1.24 bits per heavy atom. The van der Waals surface area contributed by atoms with Gasteiger partial charge in [-0.15, -0.1) is 0 Å². The molecule has 4 N–H and O–H groups in total. The molecule has 0 radical (unpaired) electrons. The molecule has 0 spiro atoms. The fourth-order valence-corrected chi connectivity index (χ4v) is 2.32. The number of hydrogen-bond acceptors (Lipinski definition) is 6. The van der Waals surface area contributed by atoms with Crippen molar-refractivity contribution in [1.82, 2.24) is 4.90 Å². The first-order chi connectivity index (χ1) is 9.76. The van der Waals surface area contributed by atoms with Gasteiger partial charge in [0.15, 0.2) is 6.10 Å². The molecule has 1 saturated heterocycles. The van der Waals surface area contributed by atoms with Gasteiger partial charge in [0, 0.05) is 19.5 Å². The van der Waals surface area contributed by atoms with Crippen LogP contribution < -0.4 is 0 Å². The number of carboxylic acid groups (broad SMARTS) is 1. The van der Waals surface area contributed by atoms with Gasteiger partial charge in [0.1, 0.15) is 6.10 Å². The molecule has 1 fully saturated rings. The summed E-state index contributed by atoms with van der Waals surface area (Å²) in [7, 11) is 0. The highest BCUT2D eigenvalue weighted by atomic mass is 16.7. The van der Waals surface area contributed by atoms with Gasteiger partial charge in [-0.1, -0.05) is 13.8 Å². The van der Waals surface area contributed by atoms with E-state index in [4.69, 9.17) is 9.84 Å². The van der Waals surface area contributed by atoms with Gasteiger partial charge in [-0.05, 0) is 12.8 Å². The second kappa shape index (κ2) is 7.17. The number of rotatable bonds is 6. The van der Waals surface area contributed by atoms with Gasteiger partial charge in [-0.3, -0.25) is 4.79 Å². The maximum absolute atomic E-state index is 12.4. The molecule has 0 aliphatic carbocycles. The lowest BCUT2D eigenvalue weighted by Gasteiger charge is -2.40. The van der Waals surface area contributed by atoms with Crippen LogP contribution >= 0.6 is 0 Å². The average Bonchev–Trinajstić information content (AvgIpc) is 2.41. The van der Waals surface area contributed by atoms with Crippen molar-refractivity contribution in [1.29, 1.82) is 0 Å². The summed E-state index contributed by atoms with van der Waals surface area (Å²) in [4.78, 5) is 24.8. The van der Waals surface area contributed by atoms with E-state index >= 15 is 0 Å². The third-order valence-corrected chi connectivity index (χ3v) is 3.39. The monoisotopic (exact) mass is 305 g/mol. The van der Waals surface area contributed by atoms with Crippen LogP contribution in [0.25, 0.3) is 0 Å². The summed E-state index contributed by atoms with van der Waals surface area (Å²) in [6.07, 6.45) is -4.07. The zero-order valence-electron chi connectivity index (χ0n) is 12.2. The predicted octanol–water partition coefficient (Wildman–Crippen LogP) is -1.08. The maximum atomic E-state index is 12.4. The van der Waals surface area contributed by atoms with Crippen LogP contribution in [0.3, 0.4) is 0 Å². The van der Waals surface area contributed by atoms with Crippen LogP contribution in [0.1, 0.15) is 33.1 Å². The van der Waals surface area contributed by atoms with Crippen molar-refractivity contribution >= 4 is 11.9 Å². The lowest BCUT2D eigenvalue weighted by molar-refractivity contribution is -0.289. The Kier molecular flexibility index (Phi) is 6.09. The van der Waals surface area contributed by atoms with E-state index in [-0.39, 0.29) is 0 Å². The van der Waals surface area contributed by atoms with Crippen LogP contribution in [0.2, 0.25) is 0 Å². The average molecular weight is 305 g/mol. The zero-order chi connectivity index (χ0) is 16.2. The van der Waals surface area contributed by atoms with Crippen LogP contribution in [0, 0.1) is 0 Å². The highest BCUT2D eigenvalue weighted by molar-refractivity contribution is 5.83. The van der Waals surface area contributed by atoms with Gasteiger partial charge in [0.2, 0.25) is 0 Å². The molecular formula is C13H23NO7. The molecule has 1 heterocycles. The molecule has 1 amide bonds. The number of ether oxygens (including phenoxy) is 1. The van der Waals surface area contributed by atoms with Crippen LogP contribution in [0.15, 0.2) is 0 Å². The van der Waals surface area contributed by atoms with E-state index < -0.39 is 42.4 Å². The van der Waals surface area contributed by atoms with E-state index in [0.717, 1.165) is 0 Å². The Hall–Kier alpha value is -1.22. The Morgan fingerprint density at radius 2 is 1.76 bits per heavy atom. The highest BCUT2D eigenvalue weighted by Crippen LogP contribution is 2.29. The summed E-state index contributed by atoms with van der Waals surface area (Å²) < 4.78 is 4.91. The number of aliphatic carboxylic acids is 1. The number of aliphatic hydroxyl groups excluding tert-OH is 2. The van der Waals surface area contributed by atoms with Gasteiger partial charge in [-0.25, -0.2) is 4.79 Å². The summed E-state index contributed by atoms with van der Waals surface area (Å²) in [6, 6.07) is 0. The maximum Gasteiger partial charge on any atom is 0.364 e. The lowest BCUT2D eigenvalue weighted by atomic mass is 9.94. The molecule has 0 aromatic carbocycles. The third-order valence-electron chi connectivity index (χ3n) is 3.39. The number of hydrogen-bond donors (Lipinski definition) is 4. The largest absolute Gasteiger partial charge is 0.477 e. The molecule has 21 heavy (non-hydrogen) atoms. The third kappa shape index (κ3) is 3.91. The standard InChI is InChI=1S/C13H23NO7/c1-3-5-14(6-4-2)11(17)10-9(16)8(15)7-13(20,21-10)12(18)19/h8-10,15-16,20H,3-7H2,1-2H3,(H,18,19)/t8?,9-,10-,13?/m1/s1. The van der Waals surface area contributed by atoms with Gasteiger partial charge in [-0.2, -0.15) is 0 Å². The highest BCUT2D eigenvalue weighted by Gasteiger charge is 2.53. The van der Waals surface area contributed by atoms with Crippen molar-refractivity contribution < 1.29 is 34.8 Å². The number of carbonyl (C=O) groups excluding carboxylic acids is 1. The molecule has 0 saturated carbocycles. The first-order valence-corrected chi connectivity index (χ1v) is 7.05. The lowest BCUT2D eigenvalue weighted by Crippen LogP contribution is -2.62. The van der Waals surface area contributed by atoms with E-state index in [1.54, 1.807) is 0 Å². The van der Waals surface area contributed by atoms with E-state index in [1.807, 2.05) is 13.8 Å². The van der Waals surface area contributed by atoms with Crippen LogP contribution in [0.5, 0.6) is 0 Å². The summed E-state index contributed by atoms with van der Waals surface area (Å²) in [5.74, 6) is -5.02. The molecule has 8 heteroatoms. The Morgan fingerprint density at radius 3 is 2.19 bits per heavy atom. The summed E-state index contributed by atoms with van der Waals surface area (Å²) in [6.45, 7) is 4.58. The molecule has 0 aromatic rings. The van der Waals surface area contributed by atoms with Crippen molar-refractivity contribution in [2.45, 2.75) is 57.2 Å². The number of nitrogens with zero attached hydrogens (tertiary/aromatic N) is 1. The molecule has 0 aromatic heterocycles. The molecular weight excluding hydrogens is 282 g/mol. The van der Waals surface area contributed by atoms with Gasteiger partial charge >= 0.3 is 5.97 Å². The molecule has 1 rings (SSSR count). The Bertz CT molecular complexity index is 383. The van der Waals surface area contributed by atoms with Gasteiger partial charge in [0.05, 0.1) is 6.10 Å². The van der Waals surface area contributed by atoms with Crippen LogP contribution in [-0.4, -0.2) is 74.4 Å². The summed E-state index contributed by atoms with van der Waals surface area (Å²) in [5, 5.41) is 38.4. The van der Waals surface area contributed by atoms with E-state index in [0.29, 0.717) is 25.9 Å².